The number of ether oxygens (including phenoxy) is 1. The normalized spacial score (nSPS) is 10.6. The Bertz CT molecular complexity index is 842. The second-order valence-corrected chi connectivity index (χ2v) is 6.35. The van der Waals surface area contributed by atoms with E-state index in [1.807, 2.05) is 61.5 Å². The number of carbonyl (C=O) groups is 1. The van der Waals surface area contributed by atoms with E-state index in [-0.39, 0.29) is 5.91 Å². The molecule has 0 aliphatic carbocycles. The van der Waals surface area contributed by atoms with Gasteiger partial charge in [-0.1, -0.05) is 48.0 Å². The number of oxazole rings is 1. The molecule has 0 aliphatic heterocycles. The molecule has 1 heterocycles. The molecular formula is C22H24N2O3. The molecule has 3 rings (SSSR count). The molecule has 0 spiro atoms. The van der Waals surface area contributed by atoms with Crippen molar-refractivity contribution in [1.29, 1.82) is 0 Å². The summed E-state index contributed by atoms with van der Waals surface area (Å²) in [5.41, 5.74) is 2.19. The fourth-order valence-corrected chi connectivity index (χ4v) is 2.59. The van der Waals surface area contributed by atoms with Crippen LogP contribution in [0.25, 0.3) is 11.3 Å². The summed E-state index contributed by atoms with van der Waals surface area (Å²) in [4.78, 5) is 16.2. The van der Waals surface area contributed by atoms with Gasteiger partial charge in [-0.05, 0) is 25.5 Å². The highest BCUT2D eigenvalue weighted by Gasteiger charge is 2.09. The molecule has 0 saturated carbocycles. The Balaban J connectivity index is 1.34. The third-order valence-corrected chi connectivity index (χ3v) is 4.11. The Hall–Kier alpha value is -3.08. The molecule has 0 saturated heterocycles. The molecule has 0 unspecified atom stereocenters. The van der Waals surface area contributed by atoms with Crippen LogP contribution >= 0.6 is 0 Å². The van der Waals surface area contributed by atoms with Gasteiger partial charge >= 0.3 is 0 Å². The fourth-order valence-electron chi connectivity index (χ4n) is 2.59. The Kier molecular flexibility index (Phi) is 6.63. The molecule has 3 aromatic rings. The van der Waals surface area contributed by atoms with Gasteiger partial charge in [-0.25, -0.2) is 4.98 Å². The maximum absolute atomic E-state index is 11.9. The van der Waals surface area contributed by atoms with Crippen molar-refractivity contribution >= 4 is 5.91 Å². The minimum absolute atomic E-state index is 0.00945. The minimum Gasteiger partial charge on any atom is -0.494 e. The van der Waals surface area contributed by atoms with E-state index in [0.717, 1.165) is 23.5 Å². The summed E-state index contributed by atoms with van der Waals surface area (Å²) >= 11 is 0. The molecule has 0 radical (unpaired) electrons. The third kappa shape index (κ3) is 5.99. The van der Waals surface area contributed by atoms with Crippen molar-refractivity contribution in [1.82, 2.24) is 10.3 Å². The van der Waals surface area contributed by atoms with Crippen LogP contribution in [-0.2, 0) is 11.2 Å². The van der Waals surface area contributed by atoms with Gasteiger partial charge in [-0.2, -0.15) is 0 Å². The van der Waals surface area contributed by atoms with Crippen molar-refractivity contribution in [3.8, 4) is 17.1 Å². The fraction of sp³-hybridized carbons (Fsp3) is 0.273. The first-order valence-electron chi connectivity index (χ1n) is 9.17. The second kappa shape index (κ2) is 9.57. The van der Waals surface area contributed by atoms with Gasteiger partial charge in [-0.15, -0.1) is 0 Å². The van der Waals surface area contributed by atoms with Crippen LogP contribution in [0.3, 0.4) is 0 Å². The number of hydrogen-bond donors (Lipinski definition) is 1. The second-order valence-electron chi connectivity index (χ2n) is 6.35. The van der Waals surface area contributed by atoms with E-state index in [4.69, 9.17) is 9.15 Å². The van der Waals surface area contributed by atoms with E-state index in [1.54, 1.807) is 6.20 Å². The van der Waals surface area contributed by atoms with E-state index < -0.39 is 0 Å². The Morgan fingerprint density at radius 2 is 1.89 bits per heavy atom. The minimum atomic E-state index is -0.00945. The number of amides is 1. The highest BCUT2D eigenvalue weighted by Crippen LogP contribution is 2.21. The first-order chi connectivity index (χ1) is 13.2. The lowest BCUT2D eigenvalue weighted by molar-refractivity contribution is -0.121. The lowest BCUT2D eigenvalue weighted by atomic mass is 10.1. The molecule has 1 N–H and O–H groups in total. The van der Waals surface area contributed by atoms with E-state index in [2.05, 4.69) is 10.3 Å². The van der Waals surface area contributed by atoms with Gasteiger partial charge in [-0.3, -0.25) is 4.79 Å². The van der Waals surface area contributed by atoms with Gasteiger partial charge in [0.2, 0.25) is 5.91 Å². The quantitative estimate of drug-likeness (QED) is 0.579. The lowest BCUT2D eigenvalue weighted by Crippen LogP contribution is -2.25. The summed E-state index contributed by atoms with van der Waals surface area (Å²) in [5.74, 6) is 2.14. The van der Waals surface area contributed by atoms with Crippen LogP contribution in [0.2, 0.25) is 0 Å². The van der Waals surface area contributed by atoms with Crippen molar-refractivity contribution < 1.29 is 13.9 Å². The van der Waals surface area contributed by atoms with Crippen LogP contribution in [0.15, 0.2) is 65.2 Å². The highest BCUT2D eigenvalue weighted by atomic mass is 16.5. The summed E-state index contributed by atoms with van der Waals surface area (Å²) in [5, 5.41) is 2.90. The van der Waals surface area contributed by atoms with Crippen LogP contribution in [0.5, 0.6) is 5.75 Å². The van der Waals surface area contributed by atoms with Crippen LogP contribution in [0, 0.1) is 6.92 Å². The predicted octanol–water partition coefficient (Wildman–Crippen LogP) is 4.17. The molecule has 5 heteroatoms. The van der Waals surface area contributed by atoms with Crippen molar-refractivity contribution in [3.63, 3.8) is 0 Å². The number of nitrogens with one attached hydrogen (secondary N) is 1. The number of rotatable bonds is 9. The summed E-state index contributed by atoms with van der Waals surface area (Å²) in [6.07, 6.45) is 3.31. The van der Waals surface area contributed by atoms with E-state index in [1.165, 1.54) is 5.56 Å². The molecule has 0 bridgehead atoms. The Morgan fingerprint density at radius 3 is 2.67 bits per heavy atom. The lowest BCUT2D eigenvalue weighted by Gasteiger charge is -2.07. The number of benzene rings is 2. The maximum Gasteiger partial charge on any atom is 0.220 e. The largest absolute Gasteiger partial charge is 0.494 e. The number of hydrogen-bond acceptors (Lipinski definition) is 4. The monoisotopic (exact) mass is 364 g/mol. The summed E-state index contributed by atoms with van der Waals surface area (Å²) < 4.78 is 11.3. The molecule has 0 atom stereocenters. The van der Waals surface area contributed by atoms with E-state index >= 15 is 0 Å². The number of nitrogens with zero attached hydrogens (tertiary/aromatic N) is 1. The van der Waals surface area contributed by atoms with Crippen molar-refractivity contribution in [2.75, 3.05) is 13.2 Å². The number of aromatic nitrogens is 1. The third-order valence-electron chi connectivity index (χ3n) is 4.11. The average molecular weight is 364 g/mol. The maximum atomic E-state index is 11.9. The van der Waals surface area contributed by atoms with Gasteiger partial charge in [0, 0.05) is 24.9 Å². The average Bonchev–Trinajstić information content (AvgIpc) is 3.16. The summed E-state index contributed by atoms with van der Waals surface area (Å²) in [6, 6.07) is 17.7. The zero-order valence-electron chi connectivity index (χ0n) is 15.5. The predicted molar refractivity (Wildman–Crippen MR) is 105 cm³/mol. The zero-order valence-corrected chi connectivity index (χ0v) is 15.5. The first-order valence-corrected chi connectivity index (χ1v) is 9.17. The van der Waals surface area contributed by atoms with E-state index in [0.29, 0.717) is 31.9 Å². The topological polar surface area (TPSA) is 64.4 Å². The first kappa shape index (κ1) is 18.7. The number of carbonyl (C=O) groups excluding carboxylic acids is 1. The summed E-state index contributed by atoms with van der Waals surface area (Å²) in [6.45, 7) is 3.21. The van der Waals surface area contributed by atoms with Gasteiger partial charge in [0.05, 0.1) is 12.8 Å². The van der Waals surface area contributed by atoms with Gasteiger partial charge in [0.1, 0.15) is 5.75 Å². The standard InChI is InChI=1S/C22H24N2O3/c1-17-8-10-18(11-9-17)20-16-24-22(27-20)13-12-21(25)23-14-5-15-26-19-6-3-2-4-7-19/h2-4,6-11,16H,5,12-15H2,1H3,(H,23,25). The molecule has 27 heavy (non-hydrogen) atoms. The van der Waals surface area contributed by atoms with Gasteiger partial charge < -0.3 is 14.5 Å². The molecule has 5 nitrogen and oxygen atoms in total. The Labute approximate surface area is 159 Å². The Morgan fingerprint density at radius 1 is 1.11 bits per heavy atom. The van der Waals surface area contributed by atoms with Crippen LogP contribution in [-0.4, -0.2) is 24.0 Å². The molecular weight excluding hydrogens is 340 g/mol. The molecule has 0 aliphatic rings. The molecule has 2 aromatic carbocycles. The molecule has 1 amide bonds. The van der Waals surface area contributed by atoms with E-state index in [9.17, 15) is 4.79 Å². The van der Waals surface area contributed by atoms with Crippen LogP contribution in [0.4, 0.5) is 0 Å². The van der Waals surface area contributed by atoms with Crippen LogP contribution < -0.4 is 10.1 Å². The summed E-state index contributed by atoms with van der Waals surface area (Å²) in [7, 11) is 0. The smallest absolute Gasteiger partial charge is 0.220 e. The van der Waals surface area contributed by atoms with Gasteiger partial charge in [0.15, 0.2) is 11.7 Å². The molecule has 140 valence electrons. The molecule has 0 fully saturated rings. The number of para-hydroxylation sites is 1. The zero-order chi connectivity index (χ0) is 18.9. The highest BCUT2D eigenvalue weighted by molar-refractivity contribution is 5.76. The van der Waals surface area contributed by atoms with Gasteiger partial charge in [0.25, 0.3) is 0 Å². The van der Waals surface area contributed by atoms with Crippen molar-refractivity contribution in [2.24, 2.45) is 0 Å². The van der Waals surface area contributed by atoms with Crippen molar-refractivity contribution in [3.05, 3.63) is 72.2 Å². The van der Waals surface area contributed by atoms with Crippen LogP contribution in [0.1, 0.15) is 24.3 Å². The van der Waals surface area contributed by atoms with Crippen molar-refractivity contribution in [2.45, 2.75) is 26.2 Å². The SMILES string of the molecule is Cc1ccc(-c2cnc(CCC(=O)NCCCOc3ccccc3)o2)cc1. The number of aryl methyl sites for hydroxylation is 2. The molecule has 1 aromatic heterocycles.